The summed E-state index contributed by atoms with van der Waals surface area (Å²) in [7, 11) is 3.66. The Balaban J connectivity index is 2.29. The van der Waals surface area contributed by atoms with Crippen LogP contribution in [0.3, 0.4) is 0 Å². The molecule has 0 aliphatic carbocycles. The number of hydrogen-bond acceptors (Lipinski definition) is 4. The van der Waals surface area contributed by atoms with E-state index in [1.165, 1.54) is 8.05 Å². The highest BCUT2D eigenvalue weighted by atomic mass is 16.5. The lowest BCUT2D eigenvalue weighted by atomic mass is 9.98. The fraction of sp³-hybridized carbons (Fsp3) is 0.923. The largest absolute Gasteiger partial charge is 0.543 e. The monoisotopic (exact) mass is 254 g/mol. The minimum Gasteiger partial charge on any atom is -0.543 e. The summed E-state index contributed by atoms with van der Waals surface area (Å²) in [4.78, 5) is 16.5. The van der Waals surface area contributed by atoms with Crippen LogP contribution in [0.15, 0.2) is 0 Å². The van der Waals surface area contributed by atoms with Crippen LogP contribution in [0.25, 0.3) is 0 Å². The van der Waals surface area contributed by atoms with Gasteiger partial charge in [0.1, 0.15) is 0 Å². The van der Waals surface area contributed by atoms with Crippen molar-refractivity contribution in [2.45, 2.75) is 32.6 Å². The van der Waals surface area contributed by atoms with Crippen LogP contribution < -0.4 is 0 Å². The molecule has 0 aromatic carbocycles. The zero-order chi connectivity index (χ0) is 13.4. The molecule has 1 aliphatic heterocycles. The molecule has 5 heteroatoms. The molecule has 104 valence electrons. The highest BCUT2D eigenvalue weighted by Crippen LogP contribution is 2.15. The van der Waals surface area contributed by atoms with E-state index in [1.807, 2.05) is 0 Å². The van der Waals surface area contributed by atoms with E-state index >= 15 is 0 Å². The molecule has 0 saturated carbocycles. The molecule has 1 heterocycles. The fourth-order valence-corrected chi connectivity index (χ4v) is 2.41. The van der Waals surface area contributed by atoms with Crippen molar-refractivity contribution in [2.75, 3.05) is 39.8 Å². The van der Waals surface area contributed by atoms with Gasteiger partial charge in [-0.1, -0.05) is 19.8 Å². The second-order valence-electron chi connectivity index (χ2n) is 5.30. The Morgan fingerprint density at radius 3 is 2.50 bits per heavy atom. The number of nitrogens with zero attached hydrogens (tertiary/aromatic N) is 2. The van der Waals surface area contributed by atoms with Crippen LogP contribution in [0, 0.1) is 5.92 Å². The van der Waals surface area contributed by atoms with E-state index in [-0.39, 0.29) is 11.9 Å². The summed E-state index contributed by atoms with van der Waals surface area (Å²) in [6.45, 7) is 7.71. The molecular weight excluding hydrogens is 227 g/mol. The van der Waals surface area contributed by atoms with Gasteiger partial charge in [-0.3, -0.25) is 4.79 Å². The lowest BCUT2D eigenvalue weighted by molar-refractivity contribution is -0.139. The Labute approximate surface area is 112 Å². The zero-order valence-corrected chi connectivity index (χ0v) is 12.2. The molecule has 1 fully saturated rings. The normalized spacial score (nSPS) is 19.7. The Hall–Kier alpha value is -0.545. The number of unbranched alkanes of at least 4 members (excludes halogenated alkanes) is 1. The number of carbonyl (C=O) groups is 1. The standard InChI is InChI=1S/C13H27BN2O2/c1-3-4-5-12(13(17)18-14)6-7-16-10-8-15(2)9-11-16/h12H,3-11,14H2,1-2H3. The second-order valence-corrected chi connectivity index (χ2v) is 5.30. The quantitative estimate of drug-likeness (QED) is 0.620. The van der Waals surface area contributed by atoms with Gasteiger partial charge in [-0.25, -0.2) is 0 Å². The van der Waals surface area contributed by atoms with E-state index in [9.17, 15) is 4.79 Å². The summed E-state index contributed by atoms with van der Waals surface area (Å²) in [5.41, 5.74) is 0. The summed E-state index contributed by atoms with van der Waals surface area (Å²) in [5, 5.41) is 0. The number of hydrogen-bond donors (Lipinski definition) is 0. The molecule has 18 heavy (non-hydrogen) atoms. The highest BCUT2D eigenvalue weighted by Gasteiger charge is 2.20. The third-order valence-corrected chi connectivity index (χ3v) is 3.83. The Morgan fingerprint density at radius 2 is 1.94 bits per heavy atom. The van der Waals surface area contributed by atoms with Gasteiger partial charge < -0.3 is 14.5 Å². The minimum absolute atomic E-state index is 0.0300. The minimum atomic E-state index is -0.0300. The molecule has 0 aromatic heterocycles. The van der Waals surface area contributed by atoms with E-state index in [4.69, 9.17) is 4.65 Å². The molecule has 1 rings (SSSR count). The molecule has 1 unspecified atom stereocenters. The van der Waals surface area contributed by atoms with Crippen molar-refractivity contribution in [2.24, 2.45) is 5.92 Å². The molecule has 0 spiro atoms. The Bertz CT molecular complexity index is 243. The van der Waals surface area contributed by atoms with Gasteiger partial charge in [-0.2, -0.15) is 0 Å². The van der Waals surface area contributed by atoms with Crippen molar-refractivity contribution >= 4 is 14.0 Å². The van der Waals surface area contributed by atoms with E-state index in [0.29, 0.717) is 0 Å². The molecule has 1 aliphatic rings. The SMILES string of the molecule is BOC(=O)C(CCCC)CCN1CCN(C)CC1. The summed E-state index contributed by atoms with van der Waals surface area (Å²) in [6.07, 6.45) is 4.16. The van der Waals surface area contributed by atoms with Crippen LogP contribution in [0.5, 0.6) is 0 Å². The molecule has 0 aromatic rings. The third kappa shape index (κ3) is 5.40. The van der Waals surface area contributed by atoms with E-state index in [0.717, 1.165) is 58.4 Å². The molecule has 1 atom stereocenters. The number of carbonyl (C=O) groups excluding carboxylic acids is 1. The van der Waals surface area contributed by atoms with Crippen molar-refractivity contribution in [1.82, 2.24) is 9.80 Å². The maximum absolute atomic E-state index is 11.7. The first-order valence-electron chi connectivity index (χ1n) is 7.16. The average molecular weight is 254 g/mol. The smallest absolute Gasteiger partial charge is 0.325 e. The predicted octanol–water partition coefficient (Wildman–Crippen LogP) is 0.522. The van der Waals surface area contributed by atoms with Crippen LogP contribution in [-0.2, 0) is 9.45 Å². The molecular formula is C13H27BN2O2. The number of likely N-dealkylation sites (N-methyl/N-ethyl adjacent to an activating group) is 1. The Morgan fingerprint density at radius 1 is 1.28 bits per heavy atom. The molecule has 1 saturated heterocycles. The topological polar surface area (TPSA) is 32.8 Å². The van der Waals surface area contributed by atoms with Crippen molar-refractivity contribution in [1.29, 1.82) is 0 Å². The summed E-state index contributed by atoms with van der Waals surface area (Å²) >= 11 is 0. The maximum Gasteiger partial charge on any atom is 0.325 e. The van der Waals surface area contributed by atoms with Crippen molar-refractivity contribution < 1.29 is 9.45 Å². The first-order chi connectivity index (χ1) is 8.67. The highest BCUT2D eigenvalue weighted by molar-refractivity contribution is 6.05. The van der Waals surface area contributed by atoms with Gasteiger partial charge >= 0.3 is 8.05 Å². The van der Waals surface area contributed by atoms with Crippen LogP contribution >= 0.6 is 0 Å². The van der Waals surface area contributed by atoms with Gasteiger partial charge in [0.2, 0.25) is 0 Å². The predicted molar refractivity (Wildman–Crippen MR) is 76.2 cm³/mol. The van der Waals surface area contributed by atoms with Crippen LogP contribution in [0.2, 0.25) is 0 Å². The van der Waals surface area contributed by atoms with Crippen LogP contribution in [0.4, 0.5) is 0 Å². The molecule has 4 nitrogen and oxygen atoms in total. The van der Waals surface area contributed by atoms with Crippen molar-refractivity contribution in [3.8, 4) is 0 Å². The van der Waals surface area contributed by atoms with Gasteiger partial charge in [0.15, 0.2) is 0 Å². The third-order valence-electron chi connectivity index (χ3n) is 3.83. The molecule has 0 bridgehead atoms. The number of rotatable bonds is 7. The van der Waals surface area contributed by atoms with Crippen LogP contribution in [-0.4, -0.2) is 63.6 Å². The zero-order valence-electron chi connectivity index (χ0n) is 12.2. The van der Waals surface area contributed by atoms with Gasteiger partial charge in [0, 0.05) is 26.2 Å². The van der Waals surface area contributed by atoms with Crippen molar-refractivity contribution in [3.63, 3.8) is 0 Å². The fourth-order valence-electron chi connectivity index (χ4n) is 2.41. The first kappa shape index (κ1) is 15.5. The second kappa shape index (κ2) is 8.54. The first-order valence-corrected chi connectivity index (χ1v) is 7.16. The maximum atomic E-state index is 11.7. The van der Waals surface area contributed by atoms with Gasteiger partial charge in [0.25, 0.3) is 5.97 Å². The Kier molecular flexibility index (Phi) is 7.36. The average Bonchev–Trinajstić information content (AvgIpc) is 2.40. The van der Waals surface area contributed by atoms with E-state index in [2.05, 4.69) is 23.8 Å². The van der Waals surface area contributed by atoms with Gasteiger partial charge in [0.05, 0.1) is 5.92 Å². The number of piperazine rings is 1. The summed E-state index contributed by atoms with van der Waals surface area (Å²) in [5.74, 6) is 0.0622. The summed E-state index contributed by atoms with van der Waals surface area (Å²) in [6, 6.07) is 0. The summed E-state index contributed by atoms with van der Waals surface area (Å²) < 4.78 is 4.90. The lowest BCUT2D eigenvalue weighted by Crippen LogP contribution is -2.45. The molecule has 0 amide bonds. The van der Waals surface area contributed by atoms with E-state index < -0.39 is 0 Å². The molecule has 0 N–H and O–H groups in total. The van der Waals surface area contributed by atoms with Crippen molar-refractivity contribution in [3.05, 3.63) is 0 Å². The van der Waals surface area contributed by atoms with E-state index in [1.54, 1.807) is 0 Å². The van der Waals surface area contributed by atoms with Gasteiger partial charge in [-0.05, 0) is 26.4 Å². The lowest BCUT2D eigenvalue weighted by Gasteiger charge is -2.33. The van der Waals surface area contributed by atoms with Gasteiger partial charge in [-0.15, -0.1) is 0 Å². The molecule has 0 radical (unpaired) electrons. The van der Waals surface area contributed by atoms with Crippen LogP contribution in [0.1, 0.15) is 32.6 Å².